The molecule has 0 saturated carbocycles. The topological polar surface area (TPSA) is 46.1 Å². The highest BCUT2D eigenvalue weighted by atomic mass is 16.5. The molecule has 0 aromatic heterocycles. The fourth-order valence-electron chi connectivity index (χ4n) is 3.71. The Morgan fingerprint density at radius 1 is 1.15 bits per heavy atom. The van der Waals surface area contributed by atoms with Gasteiger partial charge in [-0.1, -0.05) is 6.08 Å². The van der Waals surface area contributed by atoms with Crippen LogP contribution in [0.3, 0.4) is 0 Å². The maximum atomic E-state index is 5.42. The van der Waals surface area contributed by atoms with E-state index in [1.807, 2.05) is 18.2 Å². The molecule has 3 aliphatic rings. The number of ether oxygens (including phenoxy) is 2. The summed E-state index contributed by atoms with van der Waals surface area (Å²) in [6.07, 6.45) is 11.3. The SMILES string of the molecule is COc1ccc(C2=CCN3C=C(C4CCCNC4)C=CC3=N2)cc1OC. The third kappa shape index (κ3) is 3.27. The molecule has 3 aliphatic heterocycles. The van der Waals surface area contributed by atoms with E-state index in [0.717, 1.165) is 48.2 Å². The molecule has 3 heterocycles. The summed E-state index contributed by atoms with van der Waals surface area (Å²) in [4.78, 5) is 7.08. The first-order valence-corrected chi connectivity index (χ1v) is 9.17. The number of methoxy groups -OCH3 is 2. The molecule has 1 atom stereocenters. The summed E-state index contributed by atoms with van der Waals surface area (Å²) in [6, 6.07) is 5.92. The summed E-state index contributed by atoms with van der Waals surface area (Å²) >= 11 is 0. The average Bonchev–Trinajstić information content (AvgIpc) is 2.73. The van der Waals surface area contributed by atoms with Crippen LogP contribution in [0, 0.1) is 5.92 Å². The number of nitrogens with one attached hydrogen (secondary N) is 1. The molecule has 1 aromatic rings. The number of rotatable bonds is 4. The van der Waals surface area contributed by atoms with E-state index >= 15 is 0 Å². The van der Waals surface area contributed by atoms with Crippen LogP contribution in [0.2, 0.25) is 0 Å². The first-order chi connectivity index (χ1) is 12.8. The van der Waals surface area contributed by atoms with E-state index in [-0.39, 0.29) is 0 Å². The fraction of sp³-hybridized carbons (Fsp3) is 0.381. The van der Waals surface area contributed by atoms with Crippen LogP contribution < -0.4 is 14.8 Å². The van der Waals surface area contributed by atoms with Crippen LogP contribution in [0.4, 0.5) is 0 Å². The van der Waals surface area contributed by atoms with Gasteiger partial charge in [0.25, 0.3) is 0 Å². The van der Waals surface area contributed by atoms with Crippen molar-refractivity contribution < 1.29 is 9.47 Å². The van der Waals surface area contributed by atoms with Gasteiger partial charge in [-0.05, 0) is 61.2 Å². The van der Waals surface area contributed by atoms with Gasteiger partial charge in [-0.3, -0.25) is 0 Å². The van der Waals surface area contributed by atoms with E-state index in [2.05, 4.69) is 34.6 Å². The lowest BCUT2D eigenvalue weighted by atomic mass is 9.90. The van der Waals surface area contributed by atoms with Crippen molar-refractivity contribution in [1.82, 2.24) is 10.2 Å². The normalized spacial score (nSPS) is 22.2. The van der Waals surface area contributed by atoms with Crippen LogP contribution in [0.25, 0.3) is 5.70 Å². The van der Waals surface area contributed by atoms with E-state index in [4.69, 9.17) is 14.5 Å². The number of nitrogens with zero attached hydrogens (tertiary/aromatic N) is 2. The number of fused-ring (bicyclic) bond motifs is 1. The summed E-state index contributed by atoms with van der Waals surface area (Å²) in [5.74, 6) is 3.05. The lowest BCUT2D eigenvalue weighted by Gasteiger charge is -2.31. The second kappa shape index (κ2) is 7.38. The number of allylic oxidation sites excluding steroid dienone is 1. The van der Waals surface area contributed by atoms with Crippen molar-refractivity contribution in [3.63, 3.8) is 0 Å². The Morgan fingerprint density at radius 3 is 2.81 bits per heavy atom. The second-order valence-corrected chi connectivity index (χ2v) is 6.79. The summed E-state index contributed by atoms with van der Waals surface area (Å²) < 4.78 is 10.7. The van der Waals surface area contributed by atoms with Crippen molar-refractivity contribution in [2.24, 2.45) is 10.9 Å². The second-order valence-electron chi connectivity index (χ2n) is 6.79. The predicted octanol–water partition coefficient (Wildman–Crippen LogP) is 3.21. The number of aliphatic imine (C=N–C) groups is 1. The van der Waals surface area contributed by atoms with E-state index in [0.29, 0.717) is 5.92 Å². The highest BCUT2D eigenvalue weighted by Gasteiger charge is 2.22. The van der Waals surface area contributed by atoms with Gasteiger partial charge in [-0.15, -0.1) is 0 Å². The molecule has 1 saturated heterocycles. The summed E-state index contributed by atoms with van der Waals surface area (Å²) in [5, 5.41) is 3.50. The number of piperidine rings is 1. The van der Waals surface area contributed by atoms with E-state index < -0.39 is 0 Å². The largest absolute Gasteiger partial charge is 0.493 e. The first-order valence-electron chi connectivity index (χ1n) is 9.17. The highest BCUT2D eigenvalue weighted by molar-refractivity contribution is 6.00. The predicted molar refractivity (Wildman–Crippen MR) is 104 cm³/mol. The number of amidine groups is 1. The van der Waals surface area contributed by atoms with Gasteiger partial charge in [0.05, 0.1) is 19.9 Å². The van der Waals surface area contributed by atoms with Crippen LogP contribution in [-0.4, -0.2) is 44.6 Å². The van der Waals surface area contributed by atoms with Crippen molar-refractivity contribution in [2.75, 3.05) is 33.9 Å². The molecule has 1 unspecified atom stereocenters. The summed E-state index contributed by atoms with van der Waals surface area (Å²) in [5.41, 5.74) is 3.41. The van der Waals surface area contributed by atoms with E-state index in [9.17, 15) is 0 Å². The van der Waals surface area contributed by atoms with E-state index in [1.165, 1.54) is 18.4 Å². The molecule has 0 aliphatic carbocycles. The minimum Gasteiger partial charge on any atom is -0.493 e. The van der Waals surface area contributed by atoms with Gasteiger partial charge in [-0.2, -0.15) is 0 Å². The van der Waals surface area contributed by atoms with Crippen molar-refractivity contribution >= 4 is 11.5 Å². The van der Waals surface area contributed by atoms with Crippen LogP contribution >= 0.6 is 0 Å². The third-order valence-corrected chi connectivity index (χ3v) is 5.19. The standard InChI is InChI=1S/C21H25N3O2/c1-25-19-7-5-15(12-20(19)26-2)18-9-11-24-14-17(6-8-21(24)23-18)16-4-3-10-22-13-16/h5-9,12,14,16,22H,3-4,10-11,13H2,1-2H3. The molecule has 0 spiro atoms. The molecule has 1 N–H and O–H groups in total. The molecule has 26 heavy (non-hydrogen) atoms. The molecule has 0 bridgehead atoms. The van der Waals surface area contributed by atoms with Crippen molar-refractivity contribution in [3.8, 4) is 11.5 Å². The van der Waals surface area contributed by atoms with E-state index in [1.54, 1.807) is 14.2 Å². The molecule has 136 valence electrons. The summed E-state index contributed by atoms with van der Waals surface area (Å²) in [6.45, 7) is 3.04. The fourth-order valence-corrected chi connectivity index (χ4v) is 3.71. The Balaban J connectivity index is 1.54. The van der Waals surface area contributed by atoms with Gasteiger partial charge in [0.2, 0.25) is 0 Å². The molecule has 5 heteroatoms. The van der Waals surface area contributed by atoms with Gasteiger partial charge < -0.3 is 19.7 Å². The third-order valence-electron chi connectivity index (χ3n) is 5.19. The Kier molecular flexibility index (Phi) is 4.80. The molecular weight excluding hydrogens is 326 g/mol. The molecule has 4 rings (SSSR count). The Labute approximate surface area is 154 Å². The Hall–Kier alpha value is -2.53. The van der Waals surface area contributed by atoms with Gasteiger partial charge in [-0.25, -0.2) is 4.99 Å². The minimum absolute atomic E-state index is 0.609. The zero-order chi connectivity index (χ0) is 17.9. The molecule has 0 amide bonds. The maximum absolute atomic E-state index is 5.42. The zero-order valence-electron chi connectivity index (χ0n) is 15.4. The van der Waals surface area contributed by atoms with Crippen LogP contribution in [0.15, 0.2) is 53.2 Å². The van der Waals surface area contributed by atoms with Crippen LogP contribution in [0.1, 0.15) is 18.4 Å². The monoisotopic (exact) mass is 351 g/mol. The van der Waals surface area contributed by atoms with Gasteiger partial charge in [0.1, 0.15) is 5.84 Å². The lowest BCUT2D eigenvalue weighted by molar-refractivity contribution is 0.355. The van der Waals surface area contributed by atoms with Crippen molar-refractivity contribution in [3.05, 3.63) is 53.8 Å². The molecule has 0 radical (unpaired) electrons. The number of benzene rings is 1. The first kappa shape index (κ1) is 16.9. The van der Waals surface area contributed by atoms with Gasteiger partial charge >= 0.3 is 0 Å². The Bertz CT molecular complexity index is 801. The Morgan fingerprint density at radius 2 is 2.04 bits per heavy atom. The zero-order valence-corrected chi connectivity index (χ0v) is 15.4. The molecular formula is C21H25N3O2. The van der Waals surface area contributed by atoms with Crippen LogP contribution in [-0.2, 0) is 0 Å². The van der Waals surface area contributed by atoms with Gasteiger partial charge in [0, 0.05) is 24.9 Å². The minimum atomic E-state index is 0.609. The maximum Gasteiger partial charge on any atom is 0.161 e. The van der Waals surface area contributed by atoms with Crippen LogP contribution in [0.5, 0.6) is 11.5 Å². The summed E-state index contributed by atoms with van der Waals surface area (Å²) in [7, 11) is 3.30. The number of hydrogen-bond acceptors (Lipinski definition) is 5. The number of hydrogen-bond donors (Lipinski definition) is 1. The smallest absolute Gasteiger partial charge is 0.161 e. The lowest BCUT2D eigenvalue weighted by Crippen LogP contribution is -2.34. The van der Waals surface area contributed by atoms with Crippen molar-refractivity contribution in [2.45, 2.75) is 12.8 Å². The van der Waals surface area contributed by atoms with Crippen molar-refractivity contribution in [1.29, 1.82) is 0 Å². The average molecular weight is 351 g/mol. The quantitative estimate of drug-likeness (QED) is 0.905. The van der Waals surface area contributed by atoms with Gasteiger partial charge in [0.15, 0.2) is 11.5 Å². The molecule has 1 fully saturated rings. The highest BCUT2D eigenvalue weighted by Crippen LogP contribution is 2.32. The molecule has 1 aromatic carbocycles. The molecule has 5 nitrogen and oxygen atoms in total.